The highest BCUT2D eigenvalue weighted by molar-refractivity contribution is 6.34. The Morgan fingerprint density at radius 3 is 1.06 bits per heavy atom. The molecular formula is C52H58Cl9F5N14O7. The molecule has 7 heterocycles. The summed E-state index contributed by atoms with van der Waals surface area (Å²) < 4.78 is 100. The Morgan fingerprint density at radius 2 is 0.655 bits per heavy atom. The predicted octanol–water partition coefficient (Wildman–Crippen LogP) is 15.2. The molecule has 0 radical (unpaired) electrons. The molecule has 0 bridgehead atoms. The first-order chi connectivity index (χ1) is 41.3. The van der Waals surface area contributed by atoms with Crippen molar-refractivity contribution < 1.29 is 55.1 Å². The summed E-state index contributed by atoms with van der Waals surface area (Å²) in [6.07, 6.45) is 6.43. The minimum atomic E-state index is -0.554. The molecule has 7 aromatic rings. The number of hydrogen-bond donors (Lipinski definition) is 0. The number of rotatable bonds is 15. The molecule has 21 nitrogen and oxygen atoms in total. The molecule has 35 heteroatoms. The summed E-state index contributed by atoms with van der Waals surface area (Å²) in [6.45, 7) is 12.9. The van der Waals surface area contributed by atoms with Crippen molar-refractivity contribution in [1.29, 1.82) is 0 Å². The zero-order valence-electron chi connectivity index (χ0n) is 48.6. The lowest BCUT2D eigenvalue weighted by Gasteiger charge is -2.05. The first kappa shape index (κ1) is 75.7. The maximum Gasteiger partial charge on any atom is 0.255 e. The van der Waals surface area contributed by atoms with E-state index in [1.54, 1.807) is 34.6 Å². The highest BCUT2D eigenvalue weighted by Crippen LogP contribution is 2.45. The number of hydrogen-bond acceptors (Lipinski definition) is 21. The third-order valence-corrected chi connectivity index (χ3v) is 12.7. The lowest BCUT2D eigenvalue weighted by Crippen LogP contribution is -2.03. The minimum absolute atomic E-state index is 0.00245. The van der Waals surface area contributed by atoms with E-state index in [-0.39, 0.29) is 89.4 Å². The molecule has 0 atom stereocenters. The Bertz CT molecular complexity index is 3220. The van der Waals surface area contributed by atoms with Crippen LogP contribution in [0.5, 0.6) is 41.2 Å². The van der Waals surface area contributed by atoms with E-state index < -0.39 is 29.1 Å². The van der Waals surface area contributed by atoms with Gasteiger partial charge in [-0.1, -0.05) is 50.4 Å². The normalized spacial score (nSPS) is 11.8. The predicted molar refractivity (Wildman–Crippen MR) is 320 cm³/mol. The quantitative estimate of drug-likeness (QED) is 0.0684. The molecule has 87 heavy (non-hydrogen) atoms. The third-order valence-electron chi connectivity index (χ3n) is 10.8. The molecule has 7 aromatic heterocycles. The van der Waals surface area contributed by atoms with Crippen LogP contribution in [0.25, 0.3) is 0 Å². The van der Waals surface area contributed by atoms with Crippen molar-refractivity contribution in [2.45, 2.75) is 112 Å². The van der Waals surface area contributed by atoms with Crippen LogP contribution in [0, 0.1) is 42.9 Å². The van der Waals surface area contributed by atoms with E-state index in [2.05, 4.69) is 74.5 Å². The molecular weight excluding hydrogens is 1350 g/mol. The maximum absolute atomic E-state index is 13.4. The average molecular weight is 1410 g/mol. The number of halogens is 14. The van der Waals surface area contributed by atoms with Gasteiger partial charge in [-0.05, 0) is 154 Å². The summed E-state index contributed by atoms with van der Waals surface area (Å²) in [6, 6.07) is 0. The summed E-state index contributed by atoms with van der Waals surface area (Å²) in [5.41, 5.74) is 2.87. The molecule has 476 valence electrons. The highest BCUT2D eigenvalue weighted by atomic mass is 35.5. The van der Waals surface area contributed by atoms with Gasteiger partial charge >= 0.3 is 0 Å². The van der Waals surface area contributed by atoms with Crippen LogP contribution in [0.1, 0.15) is 118 Å². The first-order valence-corrected chi connectivity index (χ1v) is 29.2. The van der Waals surface area contributed by atoms with Crippen LogP contribution in [-0.2, 0) is 19.3 Å². The zero-order chi connectivity index (χ0) is 65.2. The standard InChI is InChI=1S/C8H8Cl2N2O.C8H8ClFN2O.2C8H10ClFN2O.2C7H8ClFN2O.C6H6Cl2N2O/c1-13-7-5(9)6(4-2-3-4)11-8(10)12-7;1-13-7-5(10)6(4-2-3-4)11-8(9)12-7;1-3-4-5-6(10)7(13-2)12-8(9)11-5;1-3-5-6(10)7(13-4-2)12-8(9)11-5;1-3-4-5(9)6(12-2)11-7(8)10-4;1-3-12-6-5(9)4(2)10-7(8)11-6;1-3-4(7)5(11-2)10-6(8)9-3/h2*4H,2-3H2,1H3;2*3-4H2,1-2H3;2*3H2,1-2H3;1-2H3. The molecule has 2 fully saturated rings. The van der Waals surface area contributed by atoms with Gasteiger partial charge in [0.05, 0.1) is 88.6 Å². The Morgan fingerprint density at radius 1 is 0.345 bits per heavy atom. The van der Waals surface area contributed by atoms with Gasteiger partial charge in [0, 0.05) is 11.8 Å². The van der Waals surface area contributed by atoms with Gasteiger partial charge in [0.25, 0.3) is 29.4 Å². The van der Waals surface area contributed by atoms with Crippen LogP contribution >= 0.6 is 104 Å². The van der Waals surface area contributed by atoms with Gasteiger partial charge in [-0.25, -0.2) is 34.9 Å². The molecule has 0 saturated heterocycles. The van der Waals surface area contributed by atoms with E-state index in [4.69, 9.17) is 133 Å². The first-order valence-electron chi connectivity index (χ1n) is 25.8. The molecule has 0 aromatic carbocycles. The number of methoxy groups -OCH3 is 5. The second-order valence-electron chi connectivity index (χ2n) is 17.0. The van der Waals surface area contributed by atoms with Crippen LogP contribution in [0.2, 0.25) is 47.0 Å². The van der Waals surface area contributed by atoms with Crippen molar-refractivity contribution in [3.8, 4) is 41.2 Å². The Labute approximate surface area is 543 Å². The lowest BCUT2D eigenvalue weighted by atomic mass is 10.2. The minimum Gasteiger partial charge on any atom is -0.480 e. The van der Waals surface area contributed by atoms with E-state index >= 15 is 0 Å². The summed E-state index contributed by atoms with van der Waals surface area (Å²) in [5.74, 6) is -1.71. The second-order valence-corrected chi connectivity index (χ2v) is 20.1. The van der Waals surface area contributed by atoms with Gasteiger partial charge in [-0.2, -0.15) is 56.8 Å². The Hall–Kier alpha value is -5.58. The van der Waals surface area contributed by atoms with Crippen LogP contribution in [0.15, 0.2) is 0 Å². The van der Waals surface area contributed by atoms with Crippen molar-refractivity contribution in [3.63, 3.8) is 0 Å². The highest BCUT2D eigenvalue weighted by Gasteiger charge is 2.31. The second kappa shape index (κ2) is 38.1. The van der Waals surface area contributed by atoms with Crippen molar-refractivity contribution in [1.82, 2.24) is 69.8 Å². The maximum atomic E-state index is 13.4. The fourth-order valence-electron chi connectivity index (χ4n) is 6.42. The summed E-state index contributed by atoms with van der Waals surface area (Å²) in [5, 5.41) is 1.31. The van der Waals surface area contributed by atoms with E-state index in [0.717, 1.165) is 37.8 Å². The molecule has 2 aliphatic carbocycles. The zero-order valence-corrected chi connectivity index (χ0v) is 55.4. The SMILES string of the molecule is CCCc1nc(Cl)nc(OC)c1F.CCOc1nc(Cl)nc(C)c1F.CCOc1nc(Cl)nc(CC)c1F.CCc1nc(Cl)nc(OC)c1F.COc1nc(Cl)nc(C)c1Cl.COc1nc(Cl)nc(C2CC2)c1Cl.COc1nc(Cl)nc(C2CC2)c1F. The van der Waals surface area contributed by atoms with Gasteiger partial charge < -0.3 is 33.2 Å². The smallest absolute Gasteiger partial charge is 0.255 e. The fourth-order valence-corrected chi connectivity index (χ4v) is 8.18. The number of aromatic nitrogens is 14. The number of aryl methyl sites for hydroxylation is 5. The van der Waals surface area contributed by atoms with Crippen molar-refractivity contribution in [3.05, 3.63) is 116 Å². The molecule has 0 spiro atoms. The van der Waals surface area contributed by atoms with E-state index in [0.29, 0.717) is 77.3 Å². The van der Waals surface area contributed by atoms with Gasteiger partial charge in [-0.15, -0.1) is 0 Å². The summed E-state index contributed by atoms with van der Waals surface area (Å²) >= 11 is 50.8. The van der Waals surface area contributed by atoms with Crippen LogP contribution in [0.4, 0.5) is 22.0 Å². The van der Waals surface area contributed by atoms with Gasteiger partial charge in [-0.3, -0.25) is 0 Å². The summed E-state index contributed by atoms with van der Waals surface area (Å²) in [7, 11) is 7.03. The Kier molecular flexibility index (Phi) is 33.1. The summed E-state index contributed by atoms with van der Waals surface area (Å²) in [4.78, 5) is 52.2. The van der Waals surface area contributed by atoms with Crippen LogP contribution < -0.4 is 33.2 Å². The molecule has 0 amide bonds. The molecule has 0 unspecified atom stereocenters. The fraction of sp³-hybridized carbons (Fsp3) is 0.462. The van der Waals surface area contributed by atoms with E-state index in [9.17, 15) is 22.0 Å². The monoisotopic (exact) mass is 1400 g/mol. The topological polar surface area (TPSA) is 245 Å². The Balaban J connectivity index is 0.000000266. The van der Waals surface area contributed by atoms with Crippen molar-refractivity contribution >= 4 is 104 Å². The van der Waals surface area contributed by atoms with Gasteiger partial charge in [0.15, 0.2) is 0 Å². The van der Waals surface area contributed by atoms with E-state index in [1.807, 2.05) is 6.92 Å². The molecule has 2 saturated carbocycles. The number of ether oxygens (including phenoxy) is 7. The van der Waals surface area contributed by atoms with Gasteiger partial charge in [0.2, 0.25) is 77.8 Å². The van der Waals surface area contributed by atoms with Crippen molar-refractivity contribution in [2.75, 3.05) is 48.8 Å². The lowest BCUT2D eigenvalue weighted by molar-refractivity contribution is 0.304. The molecule has 2 aliphatic rings. The molecule has 9 rings (SSSR count). The molecule has 0 aliphatic heterocycles. The van der Waals surface area contributed by atoms with Crippen LogP contribution in [-0.4, -0.2) is 119 Å². The third kappa shape index (κ3) is 24.0. The largest absolute Gasteiger partial charge is 0.480 e. The van der Waals surface area contributed by atoms with E-state index in [1.165, 1.54) is 42.5 Å². The van der Waals surface area contributed by atoms with Crippen LogP contribution in [0.3, 0.4) is 0 Å². The average Bonchev–Trinajstić information content (AvgIpc) is 3.04. The molecule has 0 N–H and O–H groups in total. The number of nitrogens with zero attached hydrogens (tertiary/aromatic N) is 14. The van der Waals surface area contributed by atoms with Gasteiger partial charge in [0.1, 0.15) is 10.0 Å². The van der Waals surface area contributed by atoms with Crippen molar-refractivity contribution in [2.24, 2.45) is 0 Å².